The molecular weight excluding hydrogens is 276 g/mol. The molecule has 1 saturated heterocycles. The fraction of sp³-hybridized carbons (Fsp3) is 0.500. The third kappa shape index (κ3) is 2.87. The number of alkyl halides is 2. The normalized spacial score (nSPS) is 18.0. The monoisotopic (exact) mass is 291 g/mol. The summed E-state index contributed by atoms with van der Waals surface area (Å²) in [7, 11) is -4.61. The van der Waals surface area contributed by atoms with Crippen molar-refractivity contribution in [1.29, 1.82) is 0 Å². The number of aliphatic hydroxyl groups excluding tert-OH is 1. The van der Waals surface area contributed by atoms with E-state index in [1.807, 2.05) is 0 Å². The highest BCUT2D eigenvalue weighted by Gasteiger charge is 2.31. The van der Waals surface area contributed by atoms with Crippen molar-refractivity contribution in [3.05, 3.63) is 24.3 Å². The molecule has 0 aliphatic carbocycles. The van der Waals surface area contributed by atoms with Crippen LogP contribution in [0.1, 0.15) is 12.8 Å². The number of benzene rings is 1. The van der Waals surface area contributed by atoms with Crippen molar-refractivity contribution in [1.82, 2.24) is 0 Å². The van der Waals surface area contributed by atoms with E-state index in [9.17, 15) is 22.3 Å². The number of halogens is 2. The minimum absolute atomic E-state index is 0.287. The maximum atomic E-state index is 12.7. The summed E-state index contributed by atoms with van der Waals surface area (Å²) in [6.45, 7) is 0.911. The molecule has 0 aromatic heterocycles. The fourth-order valence-corrected chi connectivity index (χ4v) is 3.11. The number of hydrogen-bond donors (Lipinski definition) is 1. The van der Waals surface area contributed by atoms with Gasteiger partial charge in [0, 0.05) is 13.1 Å². The zero-order valence-electron chi connectivity index (χ0n) is 10.2. The number of para-hydroxylation sites is 1. The largest absolute Gasteiger partial charge is 0.393 e. The Balaban J connectivity index is 2.37. The lowest BCUT2D eigenvalue weighted by Gasteiger charge is -2.32. The third-order valence-corrected chi connectivity index (χ3v) is 4.64. The molecule has 0 saturated carbocycles. The second-order valence-electron chi connectivity index (χ2n) is 4.49. The van der Waals surface area contributed by atoms with Crippen LogP contribution in [0.2, 0.25) is 0 Å². The van der Waals surface area contributed by atoms with Gasteiger partial charge >= 0.3 is 5.76 Å². The van der Waals surface area contributed by atoms with Gasteiger partial charge in [0.2, 0.25) is 9.84 Å². The minimum Gasteiger partial charge on any atom is -0.393 e. The lowest BCUT2D eigenvalue weighted by Crippen LogP contribution is -2.36. The third-order valence-electron chi connectivity index (χ3n) is 3.21. The molecule has 0 spiro atoms. The van der Waals surface area contributed by atoms with E-state index in [0.717, 1.165) is 0 Å². The molecule has 1 aliphatic rings. The maximum Gasteiger partial charge on any atom is 0.341 e. The Morgan fingerprint density at radius 3 is 2.37 bits per heavy atom. The van der Waals surface area contributed by atoms with Crippen molar-refractivity contribution in [2.45, 2.75) is 29.6 Å². The first kappa shape index (κ1) is 14.2. The molecule has 0 atom stereocenters. The molecule has 4 nitrogen and oxygen atoms in total. The second-order valence-corrected chi connectivity index (χ2v) is 6.38. The highest BCUT2D eigenvalue weighted by molar-refractivity contribution is 7.91. The standard InChI is InChI=1S/C12H15F2NO3S/c13-12(14)19(17,18)11-4-2-1-3-10(11)15-7-5-9(16)6-8-15/h1-4,9,12,16H,5-8H2. The number of sulfone groups is 1. The molecule has 1 aromatic rings. The number of aliphatic hydroxyl groups is 1. The first-order chi connectivity index (χ1) is 8.93. The van der Waals surface area contributed by atoms with Gasteiger partial charge < -0.3 is 10.0 Å². The summed E-state index contributed by atoms with van der Waals surface area (Å²) in [5, 5.41) is 9.43. The number of hydrogen-bond acceptors (Lipinski definition) is 4. The zero-order valence-corrected chi connectivity index (χ0v) is 11.0. The Bertz CT molecular complexity index is 540. The average Bonchev–Trinajstić information content (AvgIpc) is 2.39. The highest BCUT2D eigenvalue weighted by atomic mass is 32.2. The van der Waals surface area contributed by atoms with Crippen LogP contribution in [0.3, 0.4) is 0 Å². The Labute approximate surface area is 110 Å². The SMILES string of the molecule is O=S(=O)(c1ccccc1N1CCC(O)CC1)C(F)F. The molecule has 1 aromatic carbocycles. The number of rotatable bonds is 3. The van der Waals surface area contributed by atoms with E-state index in [0.29, 0.717) is 25.9 Å². The van der Waals surface area contributed by atoms with Gasteiger partial charge in [-0.25, -0.2) is 8.42 Å². The molecule has 1 aliphatic heterocycles. The second kappa shape index (κ2) is 5.42. The molecule has 0 amide bonds. The van der Waals surface area contributed by atoms with E-state index in [1.165, 1.54) is 18.2 Å². The molecule has 106 valence electrons. The molecule has 0 unspecified atom stereocenters. The Hall–Kier alpha value is -1.21. The van der Waals surface area contributed by atoms with Gasteiger partial charge in [-0.05, 0) is 25.0 Å². The molecule has 7 heteroatoms. The van der Waals surface area contributed by atoms with Crippen molar-refractivity contribution < 1.29 is 22.3 Å². The molecule has 2 rings (SSSR count). The first-order valence-corrected chi connectivity index (χ1v) is 7.51. The van der Waals surface area contributed by atoms with E-state index < -0.39 is 21.7 Å². The number of anilines is 1. The van der Waals surface area contributed by atoms with E-state index in [1.54, 1.807) is 11.0 Å². The van der Waals surface area contributed by atoms with Crippen LogP contribution >= 0.6 is 0 Å². The van der Waals surface area contributed by atoms with Gasteiger partial charge in [0.05, 0.1) is 16.7 Å². The lowest BCUT2D eigenvalue weighted by molar-refractivity contribution is 0.145. The van der Waals surface area contributed by atoms with Crippen LogP contribution in [0.4, 0.5) is 14.5 Å². The maximum absolute atomic E-state index is 12.7. The van der Waals surface area contributed by atoms with Crippen LogP contribution in [0.15, 0.2) is 29.2 Å². The summed E-state index contributed by atoms with van der Waals surface area (Å²) in [6, 6.07) is 5.76. The topological polar surface area (TPSA) is 57.6 Å². The summed E-state index contributed by atoms with van der Waals surface area (Å²) >= 11 is 0. The van der Waals surface area contributed by atoms with Crippen LogP contribution in [0, 0.1) is 0 Å². The average molecular weight is 291 g/mol. The smallest absolute Gasteiger partial charge is 0.341 e. The Kier molecular flexibility index (Phi) is 4.05. The Morgan fingerprint density at radius 1 is 1.21 bits per heavy atom. The summed E-state index contributed by atoms with van der Waals surface area (Å²) in [4.78, 5) is 1.38. The van der Waals surface area contributed by atoms with Crippen molar-refractivity contribution >= 4 is 15.5 Å². The molecule has 1 N–H and O–H groups in total. The van der Waals surface area contributed by atoms with Crippen molar-refractivity contribution in [2.24, 2.45) is 0 Å². The first-order valence-electron chi connectivity index (χ1n) is 5.97. The number of piperidine rings is 1. The van der Waals surface area contributed by atoms with E-state index in [-0.39, 0.29) is 10.6 Å². The minimum atomic E-state index is -4.61. The predicted octanol–water partition coefficient (Wildman–Crippen LogP) is 1.64. The van der Waals surface area contributed by atoms with E-state index >= 15 is 0 Å². The van der Waals surface area contributed by atoms with Crippen LogP contribution in [-0.2, 0) is 9.84 Å². The molecular formula is C12H15F2NO3S. The fourth-order valence-electron chi connectivity index (χ4n) is 2.16. The quantitative estimate of drug-likeness (QED) is 0.920. The lowest BCUT2D eigenvalue weighted by atomic mass is 10.1. The zero-order chi connectivity index (χ0) is 14.0. The van der Waals surface area contributed by atoms with Gasteiger partial charge in [0.1, 0.15) is 0 Å². The van der Waals surface area contributed by atoms with Crippen LogP contribution in [0.25, 0.3) is 0 Å². The predicted molar refractivity (Wildman–Crippen MR) is 67.1 cm³/mol. The molecule has 1 fully saturated rings. The summed E-state index contributed by atoms with van der Waals surface area (Å²) in [5.41, 5.74) is 0.287. The Morgan fingerprint density at radius 2 is 1.79 bits per heavy atom. The summed E-state index contributed by atoms with van der Waals surface area (Å²) in [5.74, 6) is -3.43. The van der Waals surface area contributed by atoms with Gasteiger partial charge in [-0.1, -0.05) is 12.1 Å². The summed E-state index contributed by atoms with van der Waals surface area (Å²) in [6.07, 6.45) is 0.599. The molecule has 19 heavy (non-hydrogen) atoms. The van der Waals surface area contributed by atoms with Gasteiger partial charge in [-0.2, -0.15) is 8.78 Å². The molecule has 0 bridgehead atoms. The van der Waals surface area contributed by atoms with Crippen LogP contribution in [-0.4, -0.2) is 38.5 Å². The van der Waals surface area contributed by atoms with Gasteiger partial charge in [-0.15, -0.1) is 0 Å². The van der Waals surface area contributed by atoms with Crippen molar-refractivity contribution in [3.8, 4) is 0 Å². The molecule has 0 radical (unpaired) electrons. The van der Waals surface area contributed by atoms with Crippen LogP contribution < -0.4 is 4.90 Å². The number of nitrogens with zero attached hydrogens (tertiary/aromatic N) is 1. The van der Waals surface area contributed by atoms with Crippen molar-refractivity contribution in [3.63, 3.8) is 0 Å². The molecule has 1 heterocycles. The van der Waals surface area contributed by atoms with Gasteiger partial charge in [0.25, 0.3) is 0 Å². The highest BCUT2D eigenvalue weighted by Crippen LogP contribution is 2.30. The van der Waals surface area contributed by atoms with Crippen molar-refractivity contribution in [2.75, 3.05) is 18.0 Å². The van der Waals surface area contributed by atoms with E-state index in [4.69, 9.17) is 0 Å². The summed E-state index contributed by atoms with van der Waals surface area (Å²) < 4.78 is 48.6. The van der Waals surface area contributed by atoms with Gasteiger partial charge in [0.15, 0.2) is 0 Å². The van der Waals surface area contributed by atoms with E-state index in [2.05, 4.69) is 0 Å². The van der Waals surface area contributed by atoms with Crippen LogP contribution in [0.5, 0.6) is 0 Å². The van der Waals surface area contributed by atoms with Gasteiger partial charge in [-0.3, -0.25) is 0 Å².